The fraction of sp³-hybridized carbons (Fsp3) is 0.702. The number of ketones is 1. The SMILES string of the molecule is CCC(=O)N=C1[C@H](C)C[C@@]2(C)OC/C(=N/OCc3csc(-c4cccc(NC(=O)[C@H](C)N)n4)n3)CO[C@H]([C@H]1C)[C@](C)(O)[C@@H](CC)OC(=O)[C@@](C)(F)C(=O)[C@H](C)[C@H]2O[C@@H]1O[C@H](C)C[C@H](N(C)C)[C@H]1O. The molecule has 68 heavy (non-hydrogen) atoms. The van der Waals surface area contributed by atoms with E-state index in [4.69, 9.17) is 34.3 Å². The summed E-state index contributed by atoms with van der Waals surface area (Å²) in [6, 6.07) is 3.95. The first-order valence-electron chi connectivity index (χ1n) is 23.2. The van der Waals surface area contributed by atoms with Gasteiger partial charge in [-0.25, -0.2) is 24.1 Å². The lowest BCUT2D eigenvalue weighted by atomic mass is 9.73. The molecule has 5 N–H and O–H groups in total. The minimum atomic E-state index is -3.25. The molecule has 0 unspecified atom stereocenters. The van der Waals surface area contributed by atoms with Gasteiger partial charge in [0.15, 0.2) is 18.7 Å². The summed E-state index contributed by atoms with van der Waals surface area (Å²) in [6.07, 6.45) is -6.67. The minimum absolute atomic E-state index is 0.0235. The number of nitrogens with zero attached hydrogens (tertiary/aromatic N) is 5. The zero-order valence-corrected chi connectivity index (χ0v) is 42.0. The lowest BCUT2D eigenvalue weighted by molar-refractivity contribution is -0.296. The number of aliphatic imine (C=N–C) groups is 1. The summed E-state index contributed by atoms with van der Waals surface area (Å²) in [5.74, 6) is -6.25. The van der Waals surface area contributed by atoms with Crippen molar-refractivity contribution in [1.82, 2.24) is 14.9 Å². The average Bonchev–Trinajstić information content (AvgIpc) is 3.76. The van der Waals surface area contributed by atoms with E-state index in [1.807, 2.05) is 32.8 Å². The molecule has 19 nitrogen and oxygen atoms in total. The Morgan fingerprint density at radius 2 is 1.81 bits per heavy atom. The summed E-state index contributed by atoms with van der Waals surface area (Å²) in [5.41, 5.74) is 0.232. The normalized spacial score (nSPS) is 36.1. The zero-order valence-electron chi connectivity index (χ0n) is 41.2. The van der Waals surface area contributed by atoms with Gasteiger partial charge < -0.3 is 54.7 Å². The number of aliphatic hydroxyl groups is 2. The molecule has 2 aromatic rings. The number of ether oxygens (including phenoxy) is 5. The van der Waals surface area contributed by atoms with Gasteiger partial charge in [0, 0.05) is 35.4 Å². The van der Waals surface area contributed by atoms with Crippen LogP contribution in [0.3, 0.4) is 0 Å². The third-order valence-corrected chi connectivity index (χ3v) is 13.9. The highest BCUT2D eigenvalue weighted by atomic mass is 32.1. The van der Waals surface area contributed by atoms with Crippen molar-refractivity contribution in [2.24, 2.45) is 33.6 Å². The largest absolute Gasteiger partial charge is 0.457 e. The van der Waals surface area contributed by atoms with Crippen molar-refractivity contribution in [3.63, 3.8) is 0 Å². The number of carbonyl (C=O) groups excluding carboxylic acids is 4. The van der Waals surface area contributed by atoms with Crippen LogP contribution in [-0.2, 0) is 54.3 Å². The van der Waals surface area contributed by atoms with Gasteiger partial charge in [0.05, 0.1) is 48.9 Å². The van der Waals surface area contributed by atoms with Crippen molar-refractivity contribution >= 4 is 52.1 Å². The fourth-order valence-electron chi connectivity index (χ4n) is 9.19. The minimum Gasteiger partial charge on any atom is -0.457 e. The predicted octanol–water partition coefficient (Wildman–Crippen LogP) is 4.41. The second kappa shape index (κ2) is 22.7. The molecule has 0 saturated carbocycles. The van der Waals surface area contributed by atoms with E-state index >= 15 is 4.39 Å². The highest BCUT2D eigenvalue weighted by Gasteiger charge is 2.57. The Balaban J connectivity index is 1.62. The quantitative estimate of drug-likeness (QED) is 0.138. The van der Waals surface area contributed by atoms with Crippen molar-refractivity contribution < 1.29 is 62.3 Å². The number of pyridine rings is 1. The number of anilines is 1. The fourth-order valence-corrected chi connectivity index (χ4v) is 9.97. The van der Waals surface area contributed by atoms with Crippen LogP contribution in [-0.4, -0.2) is 153 Å². The van der Waals surface area contributed by atoms with Gasteiger partial charge in [-0.3, -0.25) is 14.4 Å². The number of fused-ring (bicyclic) bond motifs is 5. The number of aromatic nitrogens is 2. The standard InChI is InChI=1S/C47H70FN7O12S/c1-13-33-47(10,61)40-26(5)36(53-35(56)14-2)24(3)19-45(8,39(27(6)38(58)46(9,48)44(60)66-33)67-43-37(57)32(55(11)12)18-25(4)65-43)63-21-29(20-62-40)54-64-22-30-23-68-42(50-30)31-16-15-17-34(51-31)52-41(59)28(7)49/h15-17,23-28,32-33,37,39-40,43,57,61H,13-14,18-22,49H2,1-12H3,(H,51,52,59)/b53-36?,54-29+/t24-,25-,26+,27+,28+,32+,33-,37-,39-,40-,43+,45-,46+,47-/m1/s1. The molecule has 2 bridgehead atoms. The Morgan fingerprint density at radius 1 is 1.10 bits per heavy atom. The molecular formula is C47H70FN7O12S. The molecule has 3 aliphatic rings. The first-order chi connectivity index (χ1) is 31.8. The summed E-state index contributed by atoms with van der Waals surface area (Å²) in [5, 5.41) is 33.6. The molecule has 0 aromatic carbocycles. The molecule has 5 heterocycles. The topological polar surface area (TPSA) is 256 Å². The molecule has 378 valence electrons. The third-order valence-electron chi connectivity index (χ3n) is 13.0. The number of hydrogen-bond donors (Lipinski definition) is 4. The maximum atomic E-state index is 17.0. The van der Waals surface area contributed by atoms with E-state index in [2.05, 4.69) is 25.4 Å². The monoisotopic (exact) mass is 975 g/mol. The smallest absolute Gasteiger partial charge is 0.351 e. The summed E-state index contributed by atoms with van der Waals surface area (Å²) >= 11 is 1.29. The van der Waals surface area contributed by atoms with Crippen molar-refractivity contribution in [2.75, 3.05) is 32.6 Å². The van der Waals surface area contributed by atoms with Gasteiger partial charge in [0.25, 0.3) is 5.67 Å². The maximum absolute atomic E-state index is 17.0. The lowest BCUT2D eigenvalue weighted by Crippen LogP contribution is -2.61. The Kier molecular flexibility index (Phi) is 18.3. The number of nitrogens with two attached hydrogens (primary N) is 1. The number of cyclic esters (lactones) is 1. The number of halogens is 1. The highest BCUT2D eigenvalue weighted by Crippen LogP contribution is 2.41. The second-order valence-electron chi connectivity index (χ2n) is 19.1. The van der Waals surface area contributed by atoms with Crippen LogP contribution >= 0.6 is 11.3 Å². The van der Waals surface area contributed by atoms with E-state index in [0.717, 1.165) is 6.92 Å². The van der Waals surface area contributed by atoms with Crippen LogP contribution in [0, 0.1) is 17.8 Å². The van der Waals surface area contributed by atoms with E-state index in [1.54, 1.807) is 58.2 Å². The third kappa shape index (κ3) is 12.6. The second-order valence-corrected chi connectivity index (χ2v) is 19.9. The number of alkyl halides is 1. The molecule has 2 amide bonds. The number of carbonyl (C=O) groups is 4. The van der Waals surface area contributed by atoms with Gasteiger partial charge >= 0.3 is 5.97 Å². The molecule has 14 atom stereocenters. The summed E-state index contributed by atoms with van der Waals surface area (Å²) < 4.78 is 49.0. The predicted molar refractivity (Wildman–Crippen MR) is 251 cm³/mol. The van der Waals surface area contributed by atoms with Crippen LogP contribution in [0.25, 0.3) is 10.7 Å². The molecule has 5 rings (SSSR count). The lowest BCUT2D eigenvalue weighted by Gasteiger charge is -2.47. The van der Waals surface area contributed by atoms with Crippen LogP contribution in [0.5, 0.6) is 0 Å². The number of hydrogen-bond acceptors (Lipinski definition) is 18. The van der Waals surface area contributed by atoms with Gasteiger partial charge in [0.2, 0.25) is 11.8 Å². The molecule has 21 heteroatoms. The van der Waals surface area contributed by atoms with Crippen LogP contribution in [0.1, 0.15) is 101 Å². The van der Waals surface area contributed by atoms with Gasteiger partial charge in [0.1, 0.15) is 40.0 Å². The van der Waals surface area contributed by atoms with E-state index in [0.29, 0.717) is 34.3 Å². The van der Waals surface area contributed by atoms with Crippen LogP contribution in [0.2, 0.25) is 0 Å². The van der Waals surface area contributed by atoms with Crippen molar-refractivity contribution in [1.29, 1.82) is 0 Å². The van der Waals surface area contributed by atoms with E-state index < -0.39 is 107 Å². The number of nitrogens with one attached hydrogen (secondary N) is 1. The number of thiazole rings is 1. The van der Waals surface area contributed by atoms with E-state index in [9.17, 15) is 29.4 Å². The summed E-state index contributed by atoms with van der Waals surface area (Å²) in [7, 11) is 3.62. The Bertz CT molecular complexity index is 2170. The molecule has 0 radical (unpaired) electrons. The first-order valence-corrected chi connectivity index (χ1v) is 24.1. The van der Waals surface area contributed by atoms with Crippen molar-refractivity contribution in [2.45, 2.75) is 167 Å². The number of Topliss-reactive ketones (excluding diaryl/α,β-unsaturated/α-hetero) is 1. The molecule has 0 spiro atoms. The molecule has 3 aliphatic heterocycles. The Labute approximate surface area is 401 Å². The molecule has 2 aromatic heterocycles. The molecule has 3 saturated heterocycles. The summed E-state index contributed by atoms with van der Waals surface area (Å²) in [6.45, 7) is 14.7. The van der Waals surface area contributed by atoms with Crippen LogP contribution < -0.4 is 11.1 Å². The van der Waals surface area contributed by atoms with Crippen LogP contribution in [0.4, 0.5) is 10.2 Å². The molecular weight excluding hydrogens is 906 g/mol. The average molecular weight is 976 g/mol. The number of esters is 1. The Morgan fingerprint density at radius 3 is 2.46 bits per heavy atom. The van der Waals surface area contributed by atoms with E-state index in [-0.39, 0.29) is 44.8 Å². The van der Waals surface area contributed by atoms with Gasteiger partial charge in [-0.2, -0.15) is 0 Å². The van der Waals surface area contributed by atoms with E-state index in [1.165, 1.54) is 25.2 Å². The Hall–Kier alpha value is -4.19. The van der Waals surface area contributed by atoms with Crippen molar-refractivity contribution in [3.8, 4) is 10.7 Å². The molecule has 3 fully saturated rings. The number of aliphatic hydroxyl groups excluding tert-OH is 1. The number of oxime groups is 1. The number of rotatable bonds is 11. The van der Waals surface area contributed by atoms with Gasteiger partial charge in [-0.1, -0.05) is 45.8 Å². The summed E-state index contributed by atoms with van der Waals surface area (Å²) in [4.78, 5) is 75.4. The van der Waals surface area contributed by atoms with Crippen LogP contribution in [0.15, 0.2) is 33.7 Å². The maximum Gasteiger partial charge on any atom is 0.351 e. The number of amides is 2. The number of likely N-dealkylation sites (N-methyl/N-ethyl adjacent to an activating group) is 1. The van der Waals surface area contributed by atoms with Gasteiger partial charge in [-0.05, 0) is 86.0 Å². The van der Waals surface area contributed by atoms with Gasteiger partial charge in [-0.15, -0.1) is 11.3 Å². The molecule has 0 aliphatic carbocycles. The van der Waals surface area contributed by atoms with Crippen molar-refractivity contribution in [3.05, 3.63) is 29.3 Å². The zero-order chi connectivity index (χ0) is 50.5. The first kappa shape index (κ1) is 54.7. The highest BCUT2D eigenvalue weighted by molar-refractivity contribution is 7.13.